The molecule has 0 saturated carbocycles. The molecule has 0 amide bonds. The number of hydrogen-bond donors (Lipinski definition) is 1. The number of imidazole rings is 1. The van der Waals surface area contributed by atoms with Crippen LogP contribution in [0.3, 0.4) is 0 Å². The van der Waals surface area contributed by atoms with Crippen LogP contribution in [0.5, 0.6) is 0 Å². The lowest BCUT2D eigenvalue weighted by Gasteiger charge is -2.09. The number of nitrogens with zero attached hydrogens (tertiary/aromatic N) is 2. The maximum atomic E-state index is 13.9. The van der Waals surface area contributed by atoms with Gasteiger partial charge in [0.1, 0.15) is 17.3 Å². The number of para-hydroxylation sites is 1. The fraction of sp³-hybridized carbons (Fsp3) is 0. The number of nitrogen functional groups attached to an aromatic ring is 1. The van der Waals surface area contributed by atoms with Crippen LogP contribution in [0, 0.1) is 11.6 Å². The van der Waals surface area contributed by atoms with Crippen molar-refractivity contribution < 1.29 is 8.78 Å². The molecule has 1 heterocycles. The van der Waals surface area contributed by atoms with Crippen molar-refractivity contribution in [3.63, 3.8) is 0 Å². The molecule has 2 aromatic carbocycles. The molecule has 0 spiro atoms. The van der Waals surface area contributed by atoms with E-state index in [2.05, 4.69) is 4.98 Å². The van der Waals surface area contributed by atoms with Gasteiger partial charge in [0, 0.05) is 6.07 Å². The molecule has 0 unspecified atom stereocenters. The van der Waals surface area contributed by atoms with Crippen molar-refractivity contribution in [1.29, 1.82) is 0 Å². The van der Waals surface area contributed by atoms with Crippen LogP contribution in [0.15, 0.2) is 36.4 Å². The highest BCUT2D eigenvalue weighted by Crippen LogP contribution is 2.30. The van der Waals surface area contributed by atoms with Crippen molar-refractivity contribution in [2.24, 2.45) is 0 Å². The maximum absolute atomic E-state index is 13.9. The molecule has 96 valence electrons. The molecule has 0 atom stereocenters. The summed E-state index contributed by atoms with van der Waals surface area (Å²) in [6.45, 7) is 0. The van der Waals surface area contributed by atoms with Gasteiger partial charge in [-0.05, 0) is 24.3 Å². The Morgan fingerprint density at radius 2 is 1.95 bits per heavy atom. The Bertz CT molecular complexity index is 763. The number of aromatic nitrogens is 2. The second-order valence-corrected chi connectivity index (χ2v) is 4.42. The van der Waals surface area contributed by atoms with Gasteiger partial charge in [-0.25, -0.2) is 13.8 Å². The summed E-state index contributed by atoms with van der Waals surface area (Å²) < 4.78 is 28.5. The third kappa shape index (κ3) is 1.82. The molecule has 1 aromatic heterocycles. The summed E-state index contributed by atoms with van der Waals surface area (Å²) in [4.78, 5) is 4.01. The molecule has 0 aliphatic heterocycles. The quantitative estimate of drug-likeness (QED) is 0.740. The first-order valence-corrected chi connectivity index (χ1v) is 5.83. The highest BCUT2D eigenvalue weighted by molar-refractivity contribution is 6.32. The Morgan fingerprint density at radius 3 is 2.68 bits per heavy atom. The average Bonchev–Trinajstić information content (AvgIpc) is 2.65. The summed E-state index contributed by atoms with van der Waals surface area (Å²) in [6.07, 6.45) is 0. The van der Waals surface area contributed by atoms with Crippen LogP contribution in [0.4, 0.5) is 14.7 Å². The Hall–Kier alpha value is -2.14. The fourth-order valence-electron chi connectivity index (χ4n) is 2.01. The molecule has 0 radical (unpaired) electrons. The van der Waals surface area contributed by atoms with Crippen molar-refractivity contribution in [2.45, 2.75) is 0 Å². The Kier molecular flexibility index (Phi) is 2.64. The maximum Gasteiger partial charge on any atom is 0.206 e. The smallest absolute Gasteiger partial charge is 0.206 e. The molecule has 0 aliphatic carbocycles. The van der Waals surface area contributed by atoms with E-state index >= 15 is 0 Å². The van der Waals surface area contributed by atoms with Gasteiger partial charge in [-0.1, -0.05) is 17.7 Å². The van der Waals surface area contributed by atoms with Gasteiger partial charge in [0.25, 0.3) is 0 Å². The molecule has 0 bridgehead atoms. The van der Waals surface area contributed by atoms with Crippen LogP contribution < -0.4 is 5.73 Å². The van der Waals surface area contributed by atoms with E-state index < -0.39 is 11.6 Å². The molecular weight excluding hydrogens is 272 g/mol. The van der Waals surface area contributed by atoms with E-state index in [4.69, 9.17) is 17.3 Å². The highest BCUT2D eigenvalue weighted by atomic mass is 35.5. The lowest BCUT2D eigenvalue weighted by atomic mass is 10.2. The van der Waals surface area contributed by atoms with Gasteiger partial charge in [0.15, 0.2) is 0 Å². The lowest BCUT2D eigenvalue weighted by molar-refractivity contribution is 0.620. The minimum absolute atomic E-state index is 0.0487. The predicted molar refractivity (Wildman–Crippen MR) is 70.4 cm³/mol. The first-order chi connectivity index (χ1) is 9.08. The summed E-state index contributed by atoms with van der Waals surface area (Å²) in [5.74, 6) is -0.910. The van der Waals surface area contributed by atoms with E-state index in [0.29, 0.717) is 11.0 Å². The number of fused-ring (bicyclic) bond motifs is 1. The Morgan fingerprint density at radius 1 is 1.16 bits per heavy atom. The molecule has 3 nitrogen and oxygen atoms in total. The van der Waals surface area contributed by atoms with E-state index in [9.17, 15) is 8.78 Å². The second kappa shape index (κ2) is 4.20. The number of anilines is 1. The third-order valence-electron chi connectivity index (χ3n) is 2.80. The van der Waals surface area contributed by atoms with Crippen LogP contribution >= 0.6 is 11.6 Å². The normalized spacial score (nSPS) is 11.1. The van der Waals surface area contributed by atoms with Gasteiger partial charge >= 0.3 is 0 Å². The van der Waals surface area contributed by atoms with Crippen LogP contribution in [0.2, 0.25) is 5.02 Å². The minimum atomic E-state index is -0.525. The first kappa shape index (κ1) is 11.9. The van der Waals surface area contributed by atoms with E-state index in [1.165, 1.54) is 34.9 Å². The van der Waals surface area contributed by atoms with Gasteiger partial charge < -0.3 is 5.73 Å². The molecule has 3 rings (SSSR count). The highest BCUT2D eigenvalue weighted by Gasteiger charge is 2.16. The number of rotatable bonds is 1. The standard InChI is InChI=1S/C13H8ClF2N3/c14-8-2-1-3-9(16)12(8)19-11-5-4-7(15)6-10(11)18-13(19)17/h1-6H,(H2,17,18). The van der Waals surface area contributed by atoms with Crippen LogP contribution in [-0.4, -0.2) is 9.55 Å². The molecule has 0 saturated heterocycles. The number of halogens is 3. The predicted octanol–water partition coefficient (Wildman–Crippen LogP) is 3.54. The van der Waals surface area contributed by atoms with Crippen molar-refractivity contribution in [3.8, 4) is 5.69 Å². The van der Waals surface area contributed by atoms with Crippen molar-refractivity contribution >= 4 is 28.6 Å². The van der Waals surface area contributed by atoms with Gasteiger partial charge in [0.05, 0.1) is 16.1 Å². The summed E-state index contributed by atoms with van der Waals surface area (Å²) in [5.41, 5.74) is 6.72. The average molecular weight is 280 g/mol. The fourth-order valence-corrected chi connectivity index (χ4v) is 2.26. The summed E-state index contributed by atoms with van der Waals surface area (Å²) in [7, 11) is 0. The van der Waals surface area contributed by atoms with Gasteiger partial charge in [-0.2, -0.15) is 0 Å². The lowest BCUT2D eigenvalue weighted by Crippen LogP contribution is -2.03. The Labute approximate surface area is 112 Å². The topological polar surface area (TPSA) is 43.8 Å². The van der Waals surface area contributed by atoms with Crippen LogP contribution in [0.25, 0.3) is 16.7 Å². The summed E-state index contributed by atoms with van der Waals surface area (Å²) in [6, 6.07) is 8.30. The molecule has 2 N–H and O–H groups in total. The van der Waals surface area contributed by atoms with E-state index in [0.717, 1.165) is 0 Å². The van der Waals surface area contributed by atoms with Gasteiger partial charge in [-0.15, -0.1) is 0 Å². The monoisotopic (exact) mass is 279 g/mol. The van der Waals surface area contributed by atoms with E-state index in [1.54, 1.807) is 6.07 Å². The molecule has 19 heavy (non-hydrogen) atoms. The molecule has 3 aromatic rings. The van der Waals surface area contributed by atoms with E-state index in [-0.39, 0.29) is 16.7 Å². The van der Waals surface area contributed by atoms with Gasteiger partial charge in [0.2, 0.25) is 5.95 Å². The molecule has 0 aliphatic rings. The number of hydrogen-bond acceptors (Lipinski definition) is 2. The molecule has 0 fully saturated rings. The molecular formula is C13H8ClF2N3. The first-order valence-electron chi connectivity index (χ1n) is 5.46. The van der Waals surface area contributed by atoms with Crippen LogP contribution in [-0.2, 0) is 0 Å². The second-order valence-electron chi connectivity index (χ2n) is 4.01. The molecule has 6 heteroatoms. The van der Waals surface area contributed by atoms with Crippen molar-refractivity contribution in [3.05, 3.63) is 53.1 Å². The zero-order chi connectivity index (χ0) is 13.6. The van der Waals surface area contributed by atoms with E-state index in [1.807, 2.05) is 0 Å². The number of nitrogens with two attached hydrogens (primary N) is 1. The number of benzene rings is 2. The Balaban J connectivity index is 2.40. The third-order valence-corrected chi connectivity index (χ3v) is 3.11. The van der Waals surface area contributed by atoms with Gasteiger partial charge in [-0.3, -0.25) is 4.57 Å². The summed E-state index contributed by atoms with van der Waals surface area (Å²) in [5, 5.41) is 0.204. The zero-order valence-corrected chi connectivity index (χ0v) is 10.3. The van der Waals surface area contributed by atoms with Crippen molar-refractivity contribution in [1.82, 2.24) is 9.55 Å². The zero-order valence-electron chi connectivity index (χ0n) is 9.57. The largest absolute Gasteiger partial charge is 0.369 e. The minimum Gasteiger partial charge on any atom is -0.369 e. The van der Waals surface area contributed by atoms with Crippen LogP contribution in [0.1, 0.15) is 0 Å². The SMILES string of the molecule is Nc1nc2cc(F)ccc2n1-c1c(F)cccc1Cl. The summed E-state index contributed by atoms with van der Waals surface area (Å²) >= 11 is 6.01. The van der Waals surface area contributed by atoms with Crippen molar-refractivity contribution in [2.75, 3.05) is 5.73 Å².